The second-order valence-electron chi connectivity index (χ2n) is 7.18. The van der Waals surface area contributed by atoms with E-state index in [0.717, 1.165) is 22.2 Å². The third kappa shape index (κ3) is 4.21. The zero-order valence-electron chi connectivity index (χ0n) is 14.6. The summed E-state index contributed by atoms with van der Waals surface area (Å²) in [5.41, 5.74) is 0.838. The summed E-state index contributed by atoms with van der Waals surface area (Å²) in [5, 5.41) is 7.06. The molecule has 1 amide bonds. The zero-order valence-corrected chi connectivity index (χ0v) is 16.2. The Morgan fingerprint density at radius 3 is 2.92 bits per heavy atom. The molecule has 1 atom stereocenters. The van der Waals surface area contributed by atoms with Crippen molar-refractivity contribution in [1.29, 1.82) is 0 Å². The molecule has 1 aromatic heterocycles. The van der Waals surface area contributed by atoms with E-state index in [0.29, 0.717) is 31.2 Å². The summed E-state index contributed by atoms with van der Waals surface area (Å²) < 4.78 is 11.8. The van der Waals surface area contributed by atoms with Crippen molar-refractivity contribution < 1.29 is 14.1 Å². The number of halogens is 1. The number of carbonyl (C=O) groups is 1. The summed E-state index contributed by atoms with van der Waals surface area (Å²) in [5.74, 6) is 1.93. The molecule has 7 heteroatoms. The first-order valence-corrected chi connectivity index (χ1v) is 9.17. The summed E-state index contributed by atoms with van der Waals surface area (Å²) in [6.07, 6.45) is 1.50. The smallest absolute Gasteiger partial charge is 0.227 e. The molecule has 0 aliphatic carbocycles. The first-order valence-electron chi connectivity index (χ1n) is 8.38. The molecule has 1 N–H and O–H groups in total. The first-order chi connectivity index (χ1) is 11.8. The minimum Gasteiger partial charge on any atom is -0.492 e. The number of hydrogen-bond donors (Lipinski definition) is 1. The Morgan fingerprint density at radius 2 is 2.20 bits per heavy atom. The van der Waals surface area contributed by atoms with Gasteiger partial charge in [0.15, 0.2) is 5.82 Å². The minimum atomic E-state index is -0.163. The highest BCUT2D eigenvalue weighted by atomic mass is 79.9. The lowest BCUT2D eigenvalue weighted by molar-refractivity contribution is -0.122. The van der Waals surface area contributed by atoms with Crippen molar-refractivity contribution in [3.8, 4) is 5.75 Å². The molecule has 0 spiro atoms. The van der Waals surface area contributed by atoms with Crippen LogP contribution < -0.4 is 10.1 Å². The van der Waals surface area contributed by atoms with Crippen LogP contribution >= 0.6 is 15.9 Å². The number of carbonyl (C=O) groups excluding carboxylic acids is 1. The number of para-hydroxylation sites is 1. The van der Waals surface area contributed by atoms with E-state index in [1.807, 2.05) is 39.0 Å². The average molecular weight is 408 g/mol. The molecule has 0 saturated heterocycles. The van der Waals surface area contributed by atoms with Crippen molar-refractivity contribution in [2.45, 2.75) is 51.5 Å². The predicted molar refractivity (Wildman–Crippen MR) is 96.5 cm³/mol. The lowest BCUT2D eigenvalue weighted by Gasteiger charge is -2.27. The summed E-state index contributed by atoms with van der Waals surface area (Å²) in [6, 6.07) is 5.83. The van der Waals surface area contributed by atoms with Gasteiger partial charge in [-0.05, 0) is 22.0 Å². The maximum atomic E-state index is 12.3. The monoisotopic (exact) mass is 407 g/mol. The van der Waals surface area contributed by atoms with Gasteiger partial charge in [0.1, 0.15) is 5.75 Å². The molecule has 0 radical (unpaired) electrons. The fourth-order valence-corrected chi connectivity index (χ4v) is 3.18. The normalized spacial score (nSPS) is 16.9. The largest absolute Gasteiger partial charge is 0.492 e. The number of aromatic nitrogens is 2. The number of ether oxygens (including phenoxy) is 1. The lowest BCUT2D eigenvalue weighted by Crippen LogP contribution is -2.32. The molecule has 0 fully saturated rings. The molecule has 3 rings (SSSR count). The van der Waals surface area contributed by atoms with E-state index >= 15 is 0 Å². The second-order valence-corrected chi connectivity index (χ2v) is 8.03. The van der Waals surface area contributed by atoms with E-state index in [1.165, 1.54) is 0 Å². The molecule has 1 aromatic carbocycles. The number of nitrogens with one attached hydrogen (secondary N) is 1. The highest BCUT2D eigenvalue weighted by Crippen LogP contribution is 2.37. The number of amides is 1. The molecule has 0 bridgehead atoms. The van der Waals surface area contributed by atoms with Crippen molar-refractivity contribution in [2.75, 3.05) is 6.61 Å². The third-order valence-electron chi connectivity index (χ3n) is 4.07. The third-order valence-corrected chi connectivity index (χ3v) is 4.69. The Kier molecular flexibility index (Phi) is 5.13. The molecule has 134 valence electrons. The van der Waals surface area contributed by atoms with Crippen LogP contribution in [0.25, 0.3) is 0 Å². The highest BCUT2D eigenvalue weighted by molar-refractivity contribution is 9.10. The Morgan fingerprint density at radius 1 is 1.40 bits per heavy atom. The molecule has 1 aliphatic rings. The quantitative estimate of drug-likeness (QED) is 0.835. The summed E-state index contributed by atoms with van der Waals surface area (Å²) in [4.78, 5) is 16.7. The van der Waals surface area contributed by atoms with Crippen molar-refractivity contribution in [3.63, 3.8) is 0 Å². The highest BCUT2D eigenvalue weighted by Gasteiger charge is 2.25. The molecular formula is C18H22BrN3O3. The van der Waals surface area contributed by atoms with Gasteiger partial charge < -0.3 is 14.6 Å². The van der Waals surface area contributed by atoms with Crippen molar-refractivity contribution in [3.05, 3.63) is 40.0 Å². The van der Waals surface area contributed by atoms with Gasteiger partial charge in [-0.3, -0.25) is 4.79 Å². The molecule has 6 nitrogen and oxygen atoms in total. The SMILES string of the molecule is CC(C)(C)c1noc(CCC(=O)N[C@H]2CCOc3c(Br)cccc32)n1. The number of rotatable bonds is 4. The molecule has 2 heterocycles. The average Bonchev–Trinajstić information content (AvgIpc) is 3.03. The van der Waals surface area contributed by atoms with E-state index in [2.05, 4.69) is 31.4 Å². The molecule has 0 saturated carbocycles. The van der Waals surface area contributed by atoms with Gasteiger partial charge in [-0.1, -0.05) is 38.1 Å². The second kappa shape index (κ2) is 7.15. The summed E-state index contributed by atoms with van der Waals surface area (Å²) >= 11 is 3.49. The van der Waals surface area contributed by atoms with Crippen LogP contribution in [0.15, 0.2) is 27.2 Å². The van der Waals surface area contributed by atoms with Crippen molar-refractivity contribution in [2.24, 2.45) is 0 Å². The predicted octanol–water partition coefficient (Wildman–Crippen LogP) is 3.70. The van der Waals surface area contributed by atoms with Crippen LogP contribution in [0.3, 0.4) is 0 Å². The molecular weight excluding hydrogens is 386 g/mol. The number of aryl methyl sites for hydroxylation is 1. The van der Waals surface area contributed by atoms with Crippen LogP contribution in [0.1, 0.15) is 56.9 Å². The van der Waals surface area contributed by atoms with Crippen LogP contribution in [-0.2, 0) is 16.6 Å². The Bertz CT molecular complexity index is 767. The van der Waals surface area contributed by atoms with E-state index in [9.17, 15) is 4.79 Å². The van der Waals surface area contributed by atoms with Gasteiger partial charge in [0.05, 0.1) is 17.1 Å². The zero-order chi connectivity index (χ0) is 18.0. The van der Waals surface area contributed by atoms with E-state index in [-0.39, 0.29) is 17.4 Å². The molecule has 0 unspecified atom stereocenters. The van der Waals surface area contributed by atoms with Gasteiger partial charge in [0.25, 0.3) is 0 Å². The fraction of sp³-hybridized carbons (Fsp3) is 0.500. The summed E-state index contributed by atoms with van der Waals surface area (Å²) in [7, 11) is 0. The van der Waals surface area contributed by atoms with Crippen molar-refractivity contribution >= 4 is 21.8 Å². The van der Waals surface area contributed by atoms with E-state index in [4.69, 9.17) is 9.26 Å². The molecule has 1 aliphatic heterocycles. The Balaban J connectivity index is 1.59. The first kappa shape index (κ1) is 17.9. The topological polar surface area (TPSA) is 77.2 Å². The standard InChI is InChI=1S/C18H22BrN3O3/c1-18(2,3)17-21-15(25-22-17)8-7-14(23)20-13-9-10-24-16-11(13)5-4-6-12(16)19/h4-6,13H,7-10H2,1-3H3,(H,20,23)/t13-/m0/s1. The molecule has 2 aromatic rings. The minimum absolute atomic E-state index is 0.0339. The van der Waals surface area contributed by atoms with Gasteiger partial charge in [-0.2, -0.15) is 4.98 Å². The lowest BCUT2D eigenvalue weighted by atomic mass is 9.96. The van der Waals surface area contributed by atoms with Gasteiger partial charge in [0.2, 0.25) is 11.8 Å². The van der Waals surface area contributed by atoms with Crippen LogP contribution in [0.2, 0.25) is 0 Å². The number of benzene rings is 1. The Hall–Kier alpha value is -1.89. The number of nitrogens with zero attached hydrogens (tertiary/aromatic N) is 2. The number of fused-ring (bicyclic) bond motifs is 1. The van der Waals surface area contributed by atoms with Crippen LogP contribution in [-0.4, -0.2) is 22.7 Å². The van der Waals surface area contributed by atoms with Crippen LogP contribution in [0, 0.1) is 0 Å². The van der Waals surface area contributed by atoms with Crippen molar-refractivity contribution in [1.82, 2.24) is 15.5 Å². The van der Waals surface area contributed by atoms with E-state index in [1.54, 1.807) is 0 Å². The van der Waals surface area contributed by atoms with Crippen LogP contribution in [0.4, 0.5) is 0 Å². The Labute approximate surface area is 155 Å². The van der Waals surface area contributed by atoms with E-state index < -0.39 is 0 Å². The van der Waals surface area contributed by atoms with Gasteiger partial charge >= 0.3 is 0 Å². The van der Waals surface area contributed by atoms with Crippen LogP contribution in [0.5, 0.6) is 5.75 Å². The van der Waals surface area contributed by atoms with Gasteiger partial charge in [-0.25, -0.2) is 0 Å². The fourth-order valence-electron chi connectivity index (χ4n) is 2.68. The summed E-state index contributed by atoms with van der Waals surface area (Å²) in [6.45, 7) is 6.65. The van der Waals surface area contributed by atoms with Gasteiger partial charge in [-0.15, -0.1) is 0 Å². The van der Waals surface area contributed by atoms with Gasteiger partial charge in [0, 0.05) is 30.2 Å². The number of hydrogen-bond acceptors (Lipinski definition) is 5. The maximum Gasteiger partial charge on any atom is 0.227 e. The molecule has 25 heavy (non-hydrogen) atoms. The maximum absolute atomic E-state index is 12.3.